The summed E-state index contributed by atoms with van der Waals surface area (Å²) in [4.78, 5) is 35.8. The Hall–Kier alpha value is -2.90. The molecule has 0 atom stereocenters. The fraction of sp³-hybridized carbons (Fsp3) is 0.158. The fourth-order valence-corrected chi connectivity index (χ4v) is 3.35. The van der Waals surface area contributed by atoms with Gasteiger partial charge in [0.15, 0.2) is 0 Å². The number of halogens is 2. The molecule has 0 aliphatic heterocycles. The number of nitro benzene ring substituents is 1. The molecule has 0 bridgehead atoms. The van der Waals surface area contributed by atoms with E-state index in [0.717, 1.165) is 11.6 Å². The molecule has 0 saturated carbocycles. The highest BCUT2D eigenvalue weighted by Crippen LogP contribution is 2.28. The molecule has 0 fully saturated rings. The molecule has 3 aromatic rings. The molecule has 144 valence electrons. The van der Waals surface area contributed by atoms with Crippen molar-refractivity contribution in [1.82, 2.24) is 4.57 Å². The first-order chi connectivity index (χ1) is 13.2. The van der Waals surface area contributed by atoms with Crippen LogP contribution in [0.1, 0.15) is 22.8 Å². The standard InChI is InChI=1S/C19H15Cl2N3O4/c1-3-23-9-13(18(25)12-5-6-14(20)10(2)17(12)23)19(26)22-16-7-4-11(24(27)28)8-15(16)21/h4-9H,3H2,1-2H3,(H,22,26). The van der Waals surface area contributed by atoms with E-state index in [9.17, 15) is 19.7 Å². The van der Waals surface area contributed by atoms with E-state index in [1.54, 1.807) is 16.7 Å². The largest absolute Gasteiger partial charge is 0.346 e. The second-order valence-corrected chi connectivity index (χ2v) is 6.92. The van der Waals surface area contributed by atoms with Gasteiger partial charge in [-0.05, 0) is 37.6 Å². The number of carbonyl (C=O) groups excluding carboxylic acids is 1. The van der Waals surface area contributed by atoms with Crippen LogP contribution in [0.2, 0.25) is 10.0 Å². The number of carbonyl (C=O) groups is 1. The summed E-state index contributed by atoms with van der Waals surface area (Å²) in [5.74, 6) is -0.655. The lowest BCUT2D eigenvalue weighted by molar-refractivity contribution is -0.384. The van der Waals surface area contributed by atoms with Gasteiger partial charge in [-0.25, -0.2) is 0 Å². The maximum atomic E-state index is 12.9. The minimum Gasteiger partial charge on any atom is -0.346 e. The average molecular weight is 420 g/mol. The Kier molecular flexibility index (Phi) is 5.40. The third kappa shape index (κ3) is 3.46. The number of amides is 1. The Morgan fingerprint density at radius 3 is 2.54 bits per heavy atom. The van der Waals surface area contributed by atoms with Gasteiger partial charge < -0.3 is 9.88 Å². The number of pyridine rings is 1. The zero-order chi connectivity index (χ0) is 20.6. The summed E-state index contributed by atoms with van der Waals surface area (Å²) >= 11 is 12.2. The monoisotopic (exact) mass is 419 g/mol. The molecule has 28 heavy (non-hydrogen) atoms. The van der Waals surface area contributed by atoms with E-state index in [0.29, 0.717) is 22.5 Å². The summed E-state index contributed by atoms with van der Waals surface area (Å²) < 4.78 is 1.78. The Balaban J connectivity index is 2.08. The molecule has 0 saturated heterocycles. The summed E-state index contributed by atoms with van der Waals surface area (Å²) in [7, 11) is 0. The second kappa shape index (κ2) is 7.61. The highest BCUT2D eigenvalue weighted by molar-refractivity contribution is 6.34. The van der Waals surface area contributed by atoms with Crippen LogP contribution in [0.5, 0.6) is 0 Å². The first-order valence-electron chi connectivity index (χ1n) is 8.32. The second-order valence-electron chi connectivity index (χ2n) is 6.10. The number of nitro groups is 1. The zero-order valence-corrected chi connectivity index (χ0v) is 16.5. The molecule has 0 radical (unpaired) electrons. The summed E-state index contributed by atoms with van der Waals surface area (Å²) in [6.07, 6.45) is 1.47. The van der Waals surface area contributed by atoms with Crippen molar-refractivity contribution in [3.05, 3.63) is 78.0 Å². The number of hydrogen-bond donors (Lipinski definition) is 1. The minimum atomic E-state index is -0.655. The number of fused-ring (bicyclic) bond motifs is 1. The molecule has 0 spiro atoms. The van der Waals surface area contributed by atoms with Gasteiger partial charge in [-0.1, -0.05) is 23.2 Å². The van der Waals surface area contributed by atoms with Gasteiger partial charge in [0.25, 0.3) is 11.6 Å². The maximum absolute atomic E-state index is 12.9. The lowest BCUT2D eigenvalue weighted by Gasteiger charge is -2.15. The SMILES string of the molecule is CCn1cc(C(=O)Nc2ccc([N+](=O)[O-])cc2Cl)c(=O)c2ccc(Cl)c(C)c21. The molecular formula is C19H15Cl2N3O4. The third-order valence-electron chi connectivity index (χ3n) is 4.42. The number of hydrogen-bond acceptors (Lipinski definition) is 4. The number of nitrogens with zero attached hydrogens (tertiary/aromatic N) is 2. The number of nitrogens with one attached hydrogen (secondary N) is 1. The molecule has 2 aromatic carbocycles. The number of aryl methyl sites for hydroxylation is 2. The van der Waals surface area contributed by atoms with E-state index >= 15 is 0 Å². The molecule has 1 N–H and O–H groups in total. The molecule has 3 rings (SSSR count). The predicted molar refractivity (Wildman–Crippen MR) is 110 cm³/mol. The lowest BCUT2D eigenvalue weighted by Crippen LogP contribution is -2.24. The van der Waals surface area contributed by atoms with Crippen molar-refractivity contribution in [3.63, 3.8) is 0 Å². The Morgan fingerprint density at radius 2 is 1.93 bits per heavy atom. The molecule has 0 aliphatic rings. The van der Waals surface area contributed by atoms with Crippen molar-refractivity contribution in [1.29, 1.82) is 0 Å². The Morgan fingerprint density at radius 1 is 1.21 bits per heavy atom. The Labute approximate surface area is 169 Å². The molecular weight excluding hydrogens is 405 g/mol. The summed E-state index contributed by atoms with van der Waals surface area (Å²) in [5.41, 5.74) is 0.899. The molecule has 9 heteroatoms. The molecule has 1 aromatic heterocycles. The van der Waals surface area contributed by atoms with Crippen LogP contribution in [-0.2, 0) is 6.54 Å². The maximum Gasteiger partial charge on any atom is 0.271 e. The van der Waals surface area contributed by atoms with Crippen molar-refractivity contribution in [2.75, 3.05) is 5.32 Å². The molecule has 7 nitrogen and oxygen atoms in total. The summed E-state index contributed by atoms with van der Waals surface area (Å²) in [5, 5.41) is 14.3. The van der Waals surface area contributed by atoms with E-state index in [1.807, 2.05) is 13.8 Å². The van der Waals surface area contributed by atoms with E-state index in [2.05, 4.69) is 5.32 Å². The van der Waals surface area contributed by atoms with Gasteiger partial charge in [-0.15, -0.1) is 0 Å². The van der Waals surface area contributed by atoms with Gasteiger partial charge in [0.05, 0.1) is 21.2 Å². The zero-order valence-electron chi connectivity index (χ0n) is 15.0. The van der Waals surface area contributed by atoms with Crippen LogP contribution in [0.4, 0.5) is 11.4 Å². The number of anilines is 1. The van der Waals surface area contributed by atoms with Crippen LogP contribution < -0.4 is 10.7 Å². The first kappa shape index (κ1) is 19.9. The smallest absolute Gasteiger partial charge is 0.271 e. The van der Waals surface area contributed by atoms with Gasteiger partial charge in [0.1, 0.15) is 5.56 Å². The van der Waals surface area contributed by atoms with Crippen molar-refractivity contribution in [3.8, 4) is 0 Å². The lowest BCUT2D eigenvalue weighted by atomic mass is 10.1. The molecule has 0 aliphatic carbocycles. The van der Waals surface area contributed by atoms with Gasteiger partial charge in [0, 0.05) is 35.3 Å². The molecule has 1 amide bonds. The van der Waals surface area contributed by atoms with Crippen molar-refractivity contribution in [2.24, 2.45) is 0 Å². The van der Waals surface area contributed by atoms with Crippen LogP contribution in [0.3, 0.4) is 0 Å². The normalized spacial score (nSPS) is 10.9. The summed E-state index contributed by atoms with van der Waals surface area (Å²) in [6.45, 7) is 4.22. The van der Waals surface area contributed by atoms with Crippen LogP contribution in [0.25, 0.3) is 10.9 Å². The van der Waals surface area contributed by atoms with Crippen LogP contribution in [0, 0.1) is 17.0 Å². The average Bonchev–Trinajstić information content (AvgIpc) is 2.66. The van der Waals surface area contributed by atoms with Crippen LogP contribution in [0.15, 0.2) is 41.3 Å². The minimum absolute atomic E-state index is 0.00165. The predicted octanol–water partition coefficient (Wildman–Crippen LogP) is 4.80. The van der Waals surface area contributed by atoms with E-state index in [-0.39, 0.29) is 22.0 Å². The van der Waals surface area contributed by atoms with E-state index in [1.165, 1.54) is 18.3 Å². The number of rotatable bonds is 4. The van der Waals surface area contributed by atoms with Gasteiger partial charge in [0.2, 0.25) is 5.43 Å². The molecule has 1 heterocycles. The third-order valence-corrected chi connectivity index (χ3v) is 5.15. The van der Waals surface area contributed by atoms with Gasteiger partial charge >= 0.3 is 0 Å². The first-order valence-corrected chi connectivity index (χ1v) is 9.07. The molecule has 0 unspecified atom stereocenters. The fourth-order valence-electron chi connectivity index (χ4n) is 2.97. The van der Waals surface area contributed by atoms with Gasteiger partial charge in [-0.3, -0.25) is 19.7 Å². The van der Waals surface area contributed by atoms with E-state index < -0.39 is 16.3 Å². The number of aromatic nitrogens is 1. The summed E-state index contributed by atoms with van der Waals surface area (Å²) in [6, 6.07) is 6.89. The highest BCUT2D eigenvalue weighted by atomic mass is 35.5. The van der Waals surface area contributed by atoms with Crippen LogP contribution >= 0.6 is 23.2 Å². The van der Waals surface area contributed by atoms with Gasteiger partial charge in [-0.2, -0.15) is 0 Å². The van der Waals surface area contributed by atoms with Crippen molar-refractivity contribution < 1.29 is 9.72 Å². The van der Waals surface area contributed by atoms with E-state index in [4.69, 9.17) is 23.2 Å². The highest BCUT2D eigenvalue weighted by Gasteiger charge is 2.19. The quantitative estimate of drug-likeness (QED) is 0.485. The number of non-ortho nitro benzene ring substituents is 1. The van der Waals surface area contributed by atoms with Crippen molar-refractivity contribution >= 4 is 51.4 Å². The Bertz CT molecular complexity index is 1190. The topological polar surface area (TPSA) is 94.2 Å². The van der Waals surface area contributed by atoms with Crippen LogP contribution in [-0.4, -0.2) is 15.4 Å². The van der Waals surface area contributed by atoms with Crippen molar-refractivity contribution in [2.45, 2.75) is 20.4 Å². The number of benzene rings is 2.